The van der Waals surface area contributed by atoms with E-state index < -0.39 is 5.41 Å². The molecule has 0 radical (unpaired) electrons. The first kappa shape index (κ1) is 53.6. The van der Waals surface area contributed by atoms with Crippen LogP contribution in [-0.4, -0.2) is 18.7 Å². The Bertz CT molecular complexity index is 4900. The van der Waals surface area contributed by atoms with Crippen molar-refractivity contribution < 1.29 is 28.8 Å². The van der Waals surface area contributed by atoms with Gasteiger partial charge in [-0.25, -0.2) is 0 Å². The van der Waals surface area contributed by atoms with Gasteiger partial charge in [-0.2, -0.15) is 0 Å². The van der Waals surface area contributed by atoms with Crippen LogP contribution in [0.4, 0.5) is 0 Å². The first-order valence-electron chi connectivity index (χ1n) is 29.7. The Morgan fingerprint density at radius 2 is 1.01 bits per heavy atom. The maximum absolute atomic E-state index is 7.00. The van der Waals surface area contributed by atoms with Crippen molar-refractivity contribution in [3.05, 3.63) is 279 Å². The summed E-state index contributed by atoms with van der Waals surface area (Å²) in [6.07, 6.45) is 1.94. The molecule has 3 aromatic heterocycles. The number of ether oxygens (including phenoxy) is 2. The normalized spacial score (nSPS) is 13.4. The first-order valence-corrected chi connectivity index (χ1v) is 30.8. The molecule has 424 valence electrons. The summed E-state index contributed by atoms with van der Waals surface area (Å²) in [5.41, 5.74) is 20.6. The average molecular weight is 1300 g/mol. The van der Waals surface area contributed by atoms with E-state index in [4.69, 9.17) is 14.5 Å². The number of fused-ring (bicyclic) bond motifs is 13. The van der Waals surface area contributed by atoms with Gasteiger partial charge in [-0.1, -0.05) is 81.4 Å². The van der Waals surface area contributed by atoms with Crippen LogP contribution in [-0.2, 0) is 41.0 Å². The second-order valence-electron chi connectivity index (χ2n) is 26.1. The zero-order valence-electron chi connectivity index (χ0n) is 49.8. The second-order valence-corrected chi connectivity index (χ2v) is 27.2. The van der Waals surface area contributed by atoms with Gasteiger partial charge in [-0.15, -0.1) is 0 Å². The fraction of sp³-hybridized carbons (Fsp3) is 0.165. The molecule has 86 heavy (non-hydrogen) atoms. The molecular weight excluding hydrogens is 1230 g/mol. The predicted octanol–water partition coefficient (Wildman–Crippen LogP) is 20.1. The Morgan fingerprint density at radius 3 is 1.70 bits per heavy atom. The van der Waals surface area contributed by atoms with Crippen molar-refractivity contribution in [3.63, 3.8) is 0 Å². The van der Waals surface area contributed by atoms with Gasteiger partial charge in [0.25, 0.3) is 0 Å². The zero-order valence-corrected chi connectivity index (χ0v) is 52.1. The molecule has 10 aromatic carbocycles. The van der Waals surface area contributed by atoms with Gasteiger partial charge in [0.15, 0.2) is 0 Å². The molecule has 1 aliphatic heterocycles. The van der Waals surface area contributed by atoms with Crippen LogP contribution >= 0.6 is 0 Å². The summed E-state index contributed by atoms with van der Waals surface area (Å²) < 4.78 is 21.8. The van der Waals surface area contributed by atoms with E-state index in [0.717, 1.165) is 93.2 Å². The van der Waals surface area contributed by atoms with E-state index in [1.54, 1.807) is 0 Å². The molecule has 15 rings (SSSR count). The van der Waals surface area contributed by atoms with Crippen molar-refractivity contribution in [3.8, 4) is 73.6 Å². The molecule has 4 heterocycles. The third-order valence-electron chi connectivity index (χ3n) is 17.7. The van der Waals surface area contributed by atoms with Gasteiger partial charge in [0.1, 0.15) is 11.5 Å². The van der Waals surface area contributed by atoms with E-state index in [9.17, 15) is 0 Å². The molecule has 0 amide bonds. The van der Waals surface area contributed by atoms with Crippen molar-refractivity contribution in [1.29, 1.82) is 0 Å². The number of benzene rings is 10. The minimum absolute atomic E-state index is 0.0602. The van der Waals surface area contributed by atoms with Crippen LogP contribution in [0.2, 0.25) is 0 Å². The molecule has 0 atom stereocenters. The Morgan fingerprint density at radius 1 is 0.430 bits per heavy atom. The number of hydrogen-bond donors (Lipinski definition) is 0. The van der Waals surface area contributed by atoms with E-state index in [-0.39, 0.29) is 16.2 Å². The first-order chi connectivity index (χ1) is 41.4. The van der Waals surface area contributed by atoms with Crippen LogP contribution in [0.5, 0.6) is 23.0 Å². The molecule has 0 saturated heterocycles. The van der Waals surface area contributed by atoms with E-state index in [2.05, 4.69) is 314 Å². The maximum atomic E-state index is 7.00. The van der Waals surface area contributed by atoms with Gasteiger partial charge in [0, 0.05) is 17.3 Å². The predicted molar refractivity (Wildman–Crippen MR) is 347 cm³/mol. The molecule has 1 spiro atoms. The third kappa shape index (κ3) is 8.46. The molecule has 13 aromatic rings. The van der Waals surface area contributed by atoms with Crippen LogP contribution in [0.25, 0.3) is 83.4 Å². The fourth-order valence-corrected chi connectivity index (χ4v) is 14.5. The van der Waals surface area contributed by atoms with Gasteiger partial charge >= 0.3 is 346 Å². The van der Waals surface area contributed by atoms with E-state index in [0.29, 0.717) is 11.5 Å². The van der Waals surface area contributed by atoms with Crippen molar-refractivity contribution in [1.82, 2.24) is 18.7 Å². The van der Waals surface area contributed by atoms with Gasteiger partial charge in [0.2, 0.25) is 0 Å². The Kier molecular flexibility index (Phi) is 12.3. The zero-order chi connectivity index (χ0) is 59.0. The number of pyridine rings is 1. The Balaban J connectivity index is 0.901. The number of hydrogen-bond acceptors (Lipinski definition) is 3. The fourth-order valence-electron chi connectivity index (χ4n) is 13.4. The van der Waals surface area contributed by atoms with Gasteiger partial charge in [-0.3, -0.25) is 0 Å². The molecule has 0 N–H and O–H groups in total. The molecule has 2 aliphatic rings. The number of rotatable bonds is 7. The summed E-state index contributed by atoms with van der Waals surface area (Å²) in [5, 5.41) is 2.16. The summed E-state index contributed by atoms with van der Waals surface area (Å²) in [6.45, 7) is 20.6. The van der Waals surface area contributed by atoms with Crippen molar-refractivity contribution in [2.24, 2.45) is 0 Å². The Hall–Kier alpha value is -9.09. The Labute approximate surface area is 514 Å². The molecule has 0 bridgehead atoms. The van der Waals surface area contributed by atoms with Gasteiger partial charge in [0.05, 0.1) is 5.41 Å². The molecule has 7 heteroatoms. The van der Waals surface area contributed by atoms with E-state index in [1.165, 1.54) is 44.5 Å². The number of aromatic nitrogens is 4. The van der Waals surface area contributed by atoms with Gasteiger partial charge in [-0.05, 0) is 51.4 Å². The molecule has 0 fully saturated rings. The third-order valence-corrected chi connectivity index (χ3v) is 18.7. The van der Waals surface area contributed by atoms with Crippen LogP contribution in [0.1, 0.15) is 101 Å². The standard InChI is InChI=1S/C79H64N4O2.Pt/c1-76(2,3)52-39-40-80-74(44-52)83-70-46-57(37-38-61(70)63-47-62-60-27-13-14-30-64(60)79(67(62)48-71(63)83)65-31-15-19-35-72(65)85-73-36-20-16-32-66(73)79)84-56-26-21-25-55(45-56)81-49-82(69-34-18-17-33-68(69)81)75-58(50-23-11-10-12-24-50)28-22-29-59(75)51-41-53(77(4,5)6)43-54(42-51)78(7,8)9;/h10-44,47-48H,1-9H3;/q-2;. The summed E-state index contributed by atoms with van der Waals surface area (Å²) in [5.74, 6) is 3.67. The topological polar surface area (TPSA) is 46.1 Å². The molecular formula is C79H64N4O2Pt-2. The second kappa shape index (κ2) is 19.7. The van der Waals surface area contributed by atoms with E-state index >= 15 is 0 Å². The van der Waals surface area contributed by atoms with Crippen LogP contribution in [0, 0.1) is 15.9 Å². The van der Waals surface area contributed by atoms with E-state index in [1.807, 2.05) is 18.3 Å². The van der Waals surface area contributed by atoms with Gasteiger partial charge < -0.3 is 4.74 Å². The molecule has 0 unspecified atom stereocenters. The summed E-state index contributed by atoms with van der Waals surface area (Å²) in [7, 11) is 0. The average Bonchev–Trinajstić information content (AvgIpc) is 1.49. The van der Waals surface area contributed by atoms with Crippen LogP contribution in [0.3, 0.4) is 0 Å². The summed E-state index contributed by atoms with van der Waals surface area (Å²) in [4.78, 5) is 5.16. The number of nitrogens with zero attached hydrogens (tertiary/aromatic N) is 4. The summed E-state index contributed by atoms with van der Waals surface area (Å²) in [6, 6.07) is 86.6. The van der Waals surface area contributed by atoms with Crippen molar-refractivity contribution in [2.75, 3.05) is 0 Å². The van der Waals surface area contributed by atoms with Crippen molar-refractivity contribution >= 4 is 32.8 Å². The summed E-state index contributed by atoms with van der Waals surface area (Å²) >= 11 is 2.52. The number of para-hydroxylation sites is 5. The monoisotopic (exact) mass is 1300 g/mol. The van der Waals surface area contributed by atoms with Crippen LogP contribution < -0.4 is 9.47 Å². The van der Waals surface area contributed by atoms with Crippen LogP contribution in [0.15, 0.2) is 225 Å². The molecule has 6 nitrogen and oxygen atoms in total. The molecule has 1 aliphatic carbocycles. The van der Waals surface area contributed by atoms with Crippen molar-refractivity contribution in [2.45, 2.75) is 84.0 Å². The molecule has 0 saturated carbocycles. The quantitative estimate of drug-likeness (QED) is 0.149. The number of imidazole rings is 1. The minimum atomic E-state index is -0.643. The SMILES string of the molecule is CC(C)(C)c1cc(-c2cccc(-c3ccccc3)c2-n2[c](=[Pt])n(-c3[c-]c(Oc4[c-]c5c(cc4)c4cc6c(cc4n5-c4cc(C(C)(C)C)ccn4)C4(c5ccccc5Oc5ccccc54)c4ccccc4-6)ccc3)c3ccccc32)cc(C(C)(C)C)c1.